The molecule has 0 aromatic heterocycles. The maximum absolute atomic E-state index is 13.9. The number of nitrogens with one attached hydrogen (secondary N) is 1. The summed E-state index contributed by atoms with van der Waals surface area (Å²) in [6, 6.07) is 15.9. The fourth-order valence-corrected chi connectivity index (χ4v) is 5.52. The van der Waals surface area contributed by atoms with E-state index >= 15 is 0 Å². The average molecular weight is 477 g/mol. The van der Waals surface area contributed by atoms with Crippen LogP contribution in [0.2, 0.25) is 0 Å². The maximum atomic E-state index is 13.9. The van der Waals surface area contributed by atoms with Crippen LogP contribution in [-0.2, 0) is 20.8 Å². The van der Waals surface area contributed by atoms with Crippen molar-refractivity contribution in [2.75, 3.05) is 11.9 Å². The summed E-state index contributed by atoms with van der Waals surface area (Å²) in [6.07, 6.45) is 3.48. The number of amides is 3. The van der Waals surface area contributed by atoms with Crippen LogP contribution in [0.4, 0.5) is 5.69 Å². The van der Waals surface area contributed by atoms with Gasteiger partial charge in [0.15, 0.2) is 0 Å². The summed E-state index contributed by atoms with van der Waals surface area (Å²) >= 11 is 0. The Kier molecular flexibility index (Phi) is 7.02. The van der Waals surface area contributed by atoms with Crippen LogP contribution in [0.3, 0.4) is 0 Å². The maximum Gasteiger partial charge on any atom is 0.248 e. The molecule has 2 aliphatic rings. The second kappa shape index (κ2) is 9.84. The number of ether oxygens (including phenoxy) is 1. The van der Waals surface area contributed by atoms with Crippen molar-refractivity contribution in [2.24, 2.45) is 16.7 Å². The molecule has 0 radical (unpaired) electrons. The van der Waals surface area contributed by atoms with Crippen LogP contribution >= 0.6 is 0 Å². The Morgan fingerprint density at radius 3 is 2.49 bits per heavy atom. The highest BCUT2D eigenvalue weighted by atomic mass is 16.5. The van der Waals surface area contributed by atoms with E-state index in [1.54, 1.807) is 6.07 Å². The molecule has 3 amide bonds. The third-order valence-corrected chi connectivity index (χ3v) is 8.24. The number of piperidine rings is 1. The van der Waals surface area contributed by atoms with Gasteiger partial charge < -0.3 is 10.1 Å². The summed E-state index contributed by atoms with van der Waals surface area (Å²) in [5.74, 6) is -0.564. The van der Waals surface area contributed by atoms with Gasteiger partial charge in [-0.2, -0.15) is 0 Å². The monoisotopic (exact) mass is 476 g/mol. The summed E-state index contributed by atoms with van der Waals surface area (Å²) in [5, 5.41) is 2.97. The molecule has 3 atom stereocenters. The lowest BCUT2D eigenvalue weighted by molar-refractivity contribution is -0.172. The molecule has 4 rings (SSSR count). The zero-order valence-electron chi connectivity index (χ0n) is 21.2. The third kappa shape index (κ3) is 4.46. The first kappa shape index (κ1) is 25.0. The SMILES string of the molecule is CCCCOc1ccccc1NC(=O)C(Cc1ccccc1)N1C(=O)C2CCC(C)(C1=O)C2(C)C. The molecule has 2 fully saturated rings. The Morgan fingerprint density at radius 2 is 1.77 bits per heavy atom. The van der Waals surface area contributed by atoms with Crippen LogP contribution in [0, 0.1) is 16.7 Å². The first-order valence-corrected chi connectivity index (χ1v) is 12.6. The van der Waals surface area contributed by atoms with Crippen molar-refractivity contribution in [3.63, 3.8) is 0 Å². The molecule has 1 aliphatic heterocycles. The Bertz CT molecular complexity index is 1100. The normalized spacial score (nSPS) is 23.8. The molecule has 3 unspecified atom stereocenters. The fourth-order valence-electron chi connectivity index (χ4n) is 5.52. The number of anilines is 1. The van der Waals surface area contributed by atoms with E-state index < -0.39 is 16.9 Å². The van der Waals surface area contributed by atoms with Gasteiger partial charge in [0.1, 0.15) is 11.8 Å². The van der Waals surface area contributed by atoms with Crippen molar-refractivity contribution in [1.29, 1.82) is 0 Å². The quantitative estimate of drug-likeness (QED) is 0.397. The summed E-state index contributed by atoms with van der Waals surface area (Å²) in [7, 11) is 0. The molecule has 1 N–H and O–H groups in total. The molecule has 2 aromatic rings. The van der Waals surface area contributed by atoms with E-state index in [9.17, 15) is 14.4 Å². The van der Waals surface area contributed by atoms with Crippen molar-refractivity contribution in [3.8, 4) is 5.75 Å². The van der Waals surface area contributed by atoms with Gasteiger partial charge >= 0.3 is 0 Å². The van der Waals surface area contributed by atoms with E-state index in [-0.39, 0.29) is 30.1 Å². The molecule has 2 bridgehead atoms. The molecule has 2 aromatic carbocycles. The number of hydrogen-bond acceptors (Lipinski definition) is 4. The van der Waals surface area contributed by atoms with E-state index in [2.05, 4.69) is 12.2 Å². The van der Waals surface area contributed by atoms with Gasteiger partial charge in [0.25, 0.3) is 0 Å². The Balaban J connectivity index is 1.67. The number of imide groups is 1. The van der Waals surface area contributed by atoms with E-state index in [0.717, 1.165) is 18.4 Å². The van der Waals surface area contributed by atoms with E-state index in [1.165, 1.54) is 4.90 Å². The first-order valence-electron chi connectivity index (χ1n) is 12.6. The van der Waals surface area contributed by atoms with Gasteiger partial charge in [-0.15, -0.1) is 0 Å². The number of benzene rings is 2. The van der Waals surface area contributed by atoms with E-state index in [1.807, 2.05) is 69.3 Å². The lowest BCUT2D eigenvalue weighted by atomic mass is 9.62. The molecule has 35 heavy (non-hydrogen) atoms. The zero-order valence-corrected chi connectivity index (χ0v) is 21.2. The lowest BCUT2D eigenvalue weighted by Gasteiger charge is -2.49. The number of carbonyl (C=O) groups is 3. The summed E-state index contributed by atoms with van der Waals surface area (Å²) < 4.78 is 5.89. The molecular formula is C29H36N2O4. The van der Waals surface area contributed by atoms with Gasteiger partial charge in [-0.3, -0.25) is 19.3 Å². The molecule has 6 nitrogen and oxygen atoms in total. The first-order chi connectivity index (χ1) is 16.7. The van der Waals surface area contributed by atoms with Gasteiger partial charge in [0.2, 0.25) is 17.7 Å². The molecule has 1 aliphatic carbocycles. The minimum absolute atomic E-state index is 0.237. The molecular weight excluding hydrogens is 440 g/mol. The summed E-state index contributed by atoms with van der Waals surface area (Å²) in [6.45, 7) is 8.60. The largest absolute Gasteiger partial charge is 0.491 e. The summed E-state index contributed by atoms with van der Waals surface area (Å²) in [4.78, 5) is 42.6. The van der Waals surface area contributed by atoms with Crippen molar-refractivity contribution in [1.82, 2.24) is 4.90 Å². The molecule has 186 valence electrons. The molecule has 1 saturated heterocycles. The minimum Gasteiger partial charge on any atom is -0.491 e. The van der Waals surface area contributed by atoms with Gasteiger partial charge in [0.05, 0.1) is 17.7 Å². The summed E-state index contributed by atoms with van der Waals surface area (Å²) in [5.41, 5.74) is 0.314. The molecule has 1 saturated carbocycles. The highest BCUT2D eigenvalue weighted by molar-refractivity contribution is 6.09. The Hall–Kier alpha value is -3.15. The predicted molar refractivity (Wildman–Crippen MR) is 136 cm³/mol. The molecule has 6 heteroatoms. The smallest absolute Gasteiger partial charge is 0.248 e. The van der Waals surface area contributed by atoms with Crippen molar-refractivity contribution in [3.05, 3.63) is 60.2 Å². The zero-order chi connectivity index (χ0) is 25.2. The second-order valence-electron chi connectivity index (χ2n) is 10.6. The average Bonchev–Trinajstić information content (AvgIpc) is 3.03. The van der Waals surface area contributed by atoms with E-state index in [4.69, 9.17) is 4.74 Å². The van der Waals surface area contributed by atoms with Gasteiger partial charge in [0, 0.05) is 12.3 Å². The van der Waals surface area contributed by atoms with Crippen molar-refractivity contribution < 1.29 is 19.1 Å². The van der Waals surface area contributed by atoms with Gasteiger partial charge in [-0.1, -0.05) is 76.6 Å². The number of para-hydroxylation sites is 2. The number of hydrogen-bond donors (Lipinski definition) is 1. The number of rotatable bonds is 9. The van der Waals surface area contributed by atoms with Gasteiger partial charge in [-0.25, -0.2) is 0 Å². The number of likely N-dealkylation sites (tertiary alicyclic amines) is 1. The van der Waals surface area contributed by atoms with Crippen LogP contribution in [-0.4, -0.2) is 35.3 Å². The Morgan fingerprint density at radius 1 is 1.09 bits per heavy atom. The van der Waals surface area contributed by atoms with Crippen LogP contribution in [0.1, 0.15) is 58.9 Å². The lowest BCUT2D eigenvalue weighted by Crippen LogP contribution is -2.64. The number of nitrogens with zero attached hydrogens (tertiary/aromatic N) is 1. The molecule has 0 spiro atoms. The number of fused-ring (bicyclic) bond motifs is 2. The highest BCUT2D eigenvalue weighted by Gasteiger charge is 2.65. The third-order valence-electron chi connectivity index (χ3n) is 8.24. The highest BCUT2D eigenvalue weighted by Crippen LogP contribution is 2.60. The van der Waals surface area contributed by atoms with Crippen molar-refractivity contribution >= 4 is 23.4 Å². The van der Waals surface area contributed by atoms with Gasteiger partial charge in [-0.05, 0) is 42.4 Å². The minimum atomic E-state index is -0.947. The number of unbranched alkanes of at least 4 members (excludes halogenated alkanes) is 1. The van der Waals surface area contributed by atoms with Crippen LogP contribution in [0.5, 0.6) is 5.75 Å². The Labute approximate surface area is 208 Å². The number of carbonyl (C=O) groups excluding carboxylic acids is 3. The fraction of sp³-hybridized carbons (Fsp3) is 0.483. The van der Waals surface area contributed by atoms with Crippen LogP contribution in [0.15, 0.2) is 54.6 Å². The predicted octanol–water partition coefficient (Wildman–Crippen LogP) is 5.23. The van der Waals surface area contributed by atoms with Crippen LogP contribution < -0.4 is 10.1 Å². The standard InChI is InChI=1S/C29H36N2O4/c1-5-6-18-35-24-15-11-10-14-22(24)30-25(32)23(19-20-12-8-7-9-13-20)31-26(33)21-16-17-29(4,27(31)34)28(21,2)3/h7-15,21,23H,5-6,16-19H2,1-4H3,(H,30,32). The van der Waals surface area contributed by atoms with E-state index in [0.29, 0.717) is 30.9 Å². The van der Waals surface area contributed by atoms with Crippen molar-refractivity contribution in [2.45, 2.75) is 65.8 Å². The second-order valence-corrected chi connectivity index (χ2v) is 10.6. The van der Waals surface area contributed by atoms with Crippen LogP contribution in [0.25, 0.3) is 0 Å². The molecule has 1 heterocycles. The topological polar surface area (TPSA) is 75.7 Å².